The Bertz CT molecular complexity index is 851. The second-order valence-electron chi connectivity index (χ2n) is 10.3. The predicted octanol–water partition coefficient (Wildman–Crippen LogP) is 4.64. The number of likely N-dealkylation sites (N-methyl/N-ethyl adjacent to an activating group) is 1. The number of carbonyl (C=O) groups is 2. The first-order chi connectivity index (χ1) is 15.9. The Hall–Kier alpha value is -2.57. The van der Waals surface area contributed by atoms with Gasteiger partial charge in [0.15, 0.2) is 5.96 Å². The summed E-state index contributed by atoms with van der Waals surface area (Å²) < 4.78 is 0. The number of hydrogen-bond acceptors (Lipinski definition) is 4. The van der Waals surface area contributed by atoms with Crippen LogP contribution in [0.1, 0.15) is 77.0 Å². The van der Waals surface area contributed by atoms with Crippen molar-refractivity contribution in [2.45, 2.75) is 88.6 Å². The van der Waals surface area contributed by atoms with Gasteiger partial charge in [0, 0.05) is 18.8 Å². The number of aliphatic imine (C=N–C) groups is 1. The molecule has 2 saturated carbocycles. The Morgan fingerprint density at radius 1 is 1.09 bits per heavy atom. The second kappa shape index (κ2) is 10.6. The molecule has 2 aliphatic carbocycles. The number of benzene rings is 1. The average molecular weight is 454 g/mol. The molecule has 0 unspecified atom stereocenters. The van der Waals surface area contributed by atoms with Crippen molar-refractivity contribution in [1.29, 1.82) is 0 Å². The molecule has 1 aromatic rings. The van der Waals surface area contributed by atoms with Crippen LogP contribution in [-0.2, 0) is 4.79 Å². The fourth-order valence-corrected chi connectivity index (χ4v) is 6.03. The number of rotatable bonds is 7. The minimum absolute atomic E-state index is 0.0488. The summed E-state index contributed by atoms with van der Waals surface area (Å²) in [6, 6.07) is 9.43. The smallest absolute Gasteiger partial charge is 0.319 e. The van der Waals surface area contributed by atoms with Crippen LogP contribution in [0, 0.1) is 11.8 Å². The summed E-state index contributed by atoms with van der Waals surface area (Å²) in [5, 5.41) is 6.05. The molecule has 1 aliphatic heterocycles. The molecular weight excluding hydrogens is 414 g/mol. The van der Waals surface area contributed by atoms with E-state index in [-0.39, 0.29) is 18.0 Å². The molecule has 1 heterocycles. The molecule has 3 amide bonds. The summed E-state index contributed by atoms with van der Waals surface area (Å²) in [5.41, 5.74) is 6.17. The Balaban J connectivity index is 1.37. The normalized spacial score (nSPS) is 28.5. The van der Waals surface area contributed by atoms with Crippen LogP contribution < -0.4 is 16.4 Å². The Morgan fingerprint density at radius 2 is 1.82 bits per heavy atom. The van der Waals surface area contributed by atoms with Gasteiger partial charge in [-0.3, -0.25) is 9.69 Å². The van der Waals surface area contributed by atoms with E-state index in [1.54, 1.807) is 7.05 Å². The van der Waals surface area contributed by atoms with E-state index in [0.29, 0.717) is 17.8 Å². The number of hydrogen-bond donors (Lipinski definition) is 3. The van der Waals surface area contributed by atoms with Crippen LogP contribution >= 0.6 is 0 Å². The molecule has 3 atom stereocenters. The zero-order chi connectivity index (χ0) is 23.3. The van der Waals surface area contributed by atoms with Crippen molar-refractivity contribution in [1.82, 2.24) is 10.2 Å². The standard InChI is InChI=1S/C26H39N5O2/c1-31-23(32)26(30-24(31)27,16-15-19-9-4-2-5-10-19)18-20-11-8-14-22(17-20)29-25(33)28-21-12-6-3-7-13-21/h3,6-7,12-13,19-20,22H,2,4-5,8-11,14-18H2,1H3,(H2,27,30)(H2,28,29,33)/t20-,22-,26+/m0/s1. The van der Waals surface area contributed by atoms with Gasteiger partial charge < -0.3 is 16.4 Å². The lowest BCUT2D eigenvalue weighted by atomic mass is 9.74. The van der Waals surface area contributed by atoms with E-state index in [9.17, 15) is 9.59 Å². The molecule has 4 N–H and O–H groups in total. The molecule has 180 valence electrons. The molecule has 0 radical (unpaired) electrons. The molecule has 33 heavy (non-hydrogen) atoms. The van der Waals surface area contributed by atoms with E-state index >= 15 is 0 Å². The van der Waals surface area contributed by atoms with Gasteiger partial charge in [0.2, 0.25) is 0 Å². The van der Waals surface area contributed by atoms with Gasteiger partial charge in [-0.1, -0.05) is 63.1 Å². The SMILES string of the molecule is CN1C(=O)[C@@](CCC2CCCCC2)(C[C@H]2CCC[C@H](NC(=O)Nc3ccccc3)C2)N=C1N. The number of guanidine groups is 1. The van der Waals surface area contributed by atoms with Gasteiger partial charge in [-0.15, -0.1) is 0 Å². The third-order valence-electron chi connectivity index (χ3n) is 7.84. The topological polar surface area (TPSA) is 99.8 Å². The van der Waals surface area contributed by atoms with Crippen molar-refractivity contribution in [2.24, 2.45) is 22.6 Å². The van der Waals surface area contributed by atoms with Gasteiger partial charge in [0.25, 0.3) is 5.91 Å². The average Bonchev–Trinajstić information content (AvgIpc) is 3.03. The van der Waals surface area contributed by atoms with E-state index in [0.717, 1.165) is 50.6 Å². The van der Waals surface area contributed by atoms with Gasteiger partial charge >= 0.3 is 6.03 Å². The van der Waals surface area contributed by atoms with E-state index in [4.69, 9.17) is 10.7 Å². The Kier molecular flexibility index (Phi) is 7.56. The number of amides is 3. The van der Waals surface area contributed by atoms with Crippen molar-refractivity contribution in [3.05, 3.63) is 30.3 Å². The summed E-state index contributed by atoms with van der Waals surface area (Å²) in [6.45, 7) is 0. The third-order valence-corrected chi connectivity index (χ3v) is 7.84. The molecule has 1 aromatic carbocycles. The van der Waals surface area contributed by atoms with Crippen molar-refractivity contribution >= 4 is 23.6 Å². The van der Waals surface area contributed by atoms with Crippen molar-refractivity contribution in [3.63, 3.8) is 0 Å². The largest absolute Gasteiger partial charge is 0.369 e. The van der Waals surface area contributed by atoms with Gasteiger partial charge in [-0.05, 0) is 56.1 Å². The highest BCUT2D eigenvalue weighted by molar-refractivity contribution is 6.06. The summed E-state index contributed by atoms with van der Waals surface area (Å²) in [7, 11) is 1.74. The van der Waals surface area contributed by atoms with E-state index in [2.05, 4.69) is 10.6 Å². The molecule has 0 aromatic heterocycles. The summed E-state index contributed by atoms with van der Waals surface area (Å²) in [4.78, 5) is 32.1. The van der Waals surface area contributed by atoms with Crippen LogP contribution in [0.3, 0.4) is 0 Å². The quantitative estimate of drug-likeness (QED) is 0.560. The molecule has 2 fully saturated rings. The summed E-state index contributed by atoms with van der Waals surface area (Å²) >= 11 is 0. The second-order valence-corrected chi connectivity index (χ2v) is 10.3. The minimum Gasteiger partial charge on any atom is -0.369 e. The lowest BCUT2D eigenvalue weighted by Crippen LogP contribution is -2.45. The highest BCUT2D eigenvalue weighted by atomic mass is 16.2. The highest BCUT2D eigenvalue weighted by Gasteiger charge is 2.48. The number of urea groups is 1. The molecule has 7 heteroatoms. The summed E-state index contributed by atoms with van der Waals surface area (Å²) in [5.74, 6) is 1.44. The zero-order valence-electron chi connectivity index (χ0n) is 19.9. The monoisotopic (exact) mass is 453 g/mol. The highest BCUT2D eigenvalue weighted by Crippen LogP contribution is 2.40. The van der Waals surface area contributed by atoms with Crippen LogP contribution in [0.5, 0.6) is 0 Å². The third kappa shape index (κ3) is 5.87. The molecule has 4 rings (SSSR count). The van der Waals surface area contributed by atoms with Crippen molar-refractivity contribution < 1.29 is 9.59 Å². The van der Waals surface area contributed by atoms with Crippen molar-refractivity contribution in [3.8, 4) is 0 Å². The van der Waals surface area contributed by atoms with Crippen LogP contribution in [0.25, 0.3) is 0 Å². The molecule has 0 saturated heterocycles. The molecule has 0 bridgehead atoms. The summed E-state index contributed by atoms with van der Waals surface area (Å²) in [6.07, 6.45) is 13.0. The fraction of sp³-hybridized carbons (Fsp3) is 0.654. The van der Waals surface area contributed by atoms with Crippen LogP contribution in [0.2, 0.25) is 0 Å². The fourth-order valence-electron chi connectivity index (χ4n) is 6.03. The maximum atomic E-state index is 13.3. The van der Waals surface area contributed by atoms with Crippen LogP contribution in [0.15, 0.2) is 35.3 Å². The Labute approximate surface area is 197 Å². The number of carbonyl (C=O) groups excluding carboxylic acids is 2. The first kappa shape index (κ1) is 23.6. The molecular formula is C26H39N5O2. The first-order valence-electron chi connectivity index (χ1n) is 12.7. The van der Waals surface area contributed by atoms with E-state index in [1.165, 1.54) is 37.0 Å². The predicted molar refractivity (Wildman–Crippen MR) is 132 cm³/mol. The Morgan fingerprint density at radius 3 is 2.52 bits per heavy atom. The number of nitrogens with one attached hydrogen (secondary N) is 2. The molecule has 0 spiro atoms. The minimum atomic E-state index is -0.727. The van der Waals surface area contributed by atoms with E-state index < -0.39 is 5.54 Å². The molecule has 3 aliphatic rings. The number of anilines is 1. The van der Waals surface area contributed by atoms with Gasteiger partial charge in [0.05, 0.1) is 0 Å². The van der Waals surface area contributed by atoms with Crippen LogP contribution in [0.4, 0.5) is 10.5 Å². The lowest BCUT2D eigenvalue weighted by molar-refractivity contribution is -0.131. The van der Waals surface area contributed by atoms with E-state index in [1.807, 2.05) is 30.3 Å². The first-order valence-corrected chi connectivity index (χ1v) is 12.7. The molecule has 7 nitrogen and oxygen atoms in total. The lowest BCUT2D eigenvalue weighted by Gasteiger charge is -2.35. The van der Waals surface area contributed by atoms with Gasteiger partial charge in [-0.25, -0.2) is 9.79 Å². The number of nitrogens with two attached hydrogens (primary N) is 1. The maximum Gasteiger partial charge on any atom is 0.319 e. The maximum absolute atomic E-state index is 13.3. The zero-order valence-corrected chi connectivity index (χ0v) is 19.9. The number of para-hydroxylation sites is 1. The van der Waals surface area contributed by atoms with Crippen LogP contribution in [-0.4, -0.2) is 41.4 Å². The number of nitrogens with zero attached hydrogens (tertiary/aromatic N) is 2. The van der Waals surface area contributed by atoms with Gasteiger partial charge in [0.1, 0.15) is 5.54 Å². The van der Waals surface area contributed by atoms with Gasteiger partial charge in [-0.2, -0.15) is 0 Å². The van der Waals surface area contributed by atoms with Crippen molar-refractivity contribution in [2.75, 3.05) is 12.4 Å².